The zero-order valence-electron chi connectivity index (χ0n) is 19.0. The molecule has 0 saturated heterocycles. The summed E-state index contributed by atoms with van der Waals surface area (Å²) in [5, 5.41) is 5.14. The van der Waals surface area contributed by atoms with Gasteiger partial charge in [0.1, 0.15) is 23.2 Å². The topological polar surface area (TPSA) is 0 Å². The number of hydrogen-bond acceptors (Lipinski definition) is 0. The molecule has 0 radical (unpaired) electrons. The van der Waals surface area contributed by atoms with Crippen LogP contribution in [0.15, 0.2) is 140 Å². The van der Waals surface area contributed by atoms with Crippen molar-refractivity contribution in [3.05, 3.63) is 151 Å². The van der Waals surface area contributed by atoms with Crippen LogP contribution in [0.3, 0.4) is 0 Å². The minimum absolute atomic E-state index is 0.885. The van der Waals surface area contributed by atoms with E-state index in [2.05, 4.69) is 155 Å². The molecule has 0 aliphatic rings. The molecular formula is C32H27BrP+. The highest BCUT2D eigenvalue weighted by Crippen LogP contribution is 2.58. The van der Waals surface area contributed by atoms with Crippen molar-refractivity contribution >= 4 is 39.1 Å². The Morgan fingerprint density at radius 1 is 0.412 bits per heavy atom. The van der Waals surface area contributed by atoms with Gasteiger partial charge in [0.2, 0.25) is 0 Å². The summed E-state index contributed by atoms with van der Waals surface area (Å²) in [5.74, 6) is 0. The van der Waals surface area contributed by atoms with Crippen LogP contribution in [-0.2, 0) is 11.5 Å². The zero-order chi connectivity index (χ0) is 23.2. The molecule has 0 N–H and O–H groups in total. The van der Waals surface area contributed by atoms with Crippen LogP contribution in [0.2, 0.25) is 0 Å². The highest BCUT2D eigenvalue weighted by Gasteiger charge is 2.45. The first kappa shape index (κ1) is 22.8. The normalized spacial score (nSPS) is 11.3. The maximum atomic E-state index is 3.54. The van der Waals surface area contributed by atoms with Crippen LogP contribution in [0.1, 0.15) is 11.1 Å². The van der Waals surface area contributed by atoms with E-state index in [1.165, 1.54) is 38.2 Å². The largest absolute Gasteiger partial charge is 0.116 e. The SMILES string of the molecule is BrCc1ccc(-c2ccc(C[P+](c3ccccc3)(c3ccccc3)c3ccccc3)cc2)cc1. The average Bonchev–Trinajstić information content (AvgIpc) is 2.94. The Morgan fingerprint density at radius 2 is 0.765 bits per heavy atom. The number of hydrogen-bond donors (Lipinski definition) is 0. The van der Waals surface area contributed by atoms with Crippen LogP contribution in [0.4, 0.5) is 0 Å². The van der Waals surface area contributed by atoms with E-state index in [0.717, 1.165) is 11.5 Å². The van der Waals surface area contributed by atoms with Gasteiger partial charge < -0.3 is 0 Å². The Balaban J connectivity index is 1.60. The van der Waals surface area contributed by atoms with Crippen molar-refractivity contribution in [3.8, 4) is 11.1 Å². The van der Waals surface area contributed by atoms with Crippen LogP contribution in [0, 0.1) is 0 Å². The molecule has 166 valence electrons. The third kappa shape index (κ3) is 4.64. The summed E-state index contributed by atoms with van der Waals surface area (Å²) < 4.78 is 0. The summed E-state index contributed by atoms with van der Waals surface area (Å²) in [7, 11) is -1.88. The number of rotatable bonds is 7. The van der Waals surface area contributed by atoms with Gasteiger partial charge in [0.15, 0.2) is 0 Å². The van der Waals surface area contributed by atoms with Gasteiger partial charge in [-0.2, -0.15) is 0 Å². The lowest BCUT2D eigenvalue weighted by molar-refractivity contribution is 1.38. The quantitative estimate of drug-likeness (QED) is 0.152. The lowest BCUT2D eigenvalue weighted by atomic mass is 10.0. The molecule has 0 unspecified atom stereocenters. The minimum Gasteiger partial charge on any atom is -0.0876 e. The fraction of sp³-hybridized carbons (Fsp3) is 0.0625. The molecule has 0 atom stereocenters. The third-order valence-corrected chi connectivity index (χ3v) is 11.4. The highest BCUT2D eigenvalue weighted by atomic mass is 79.9. The predicted octanol–water partition coefficient (Wildman–Crippen LogP) is 7.74. The molecule has 0 aliphatic carbocycles. The van der Waals surface area contributed by atoms with E-state index in [9.17, 15) is 0 Å². The first-order chi connectivity index (χ1) is 16.8. The van der Waals surface area contributed by atoms with E-state index < -0.39 is 7.26 Å². The van der Waals surface area contributed by atoms with E-state index in [-0.39, 0.29) is 0 Å². The smallest absolute Gasteiger partial charge is 0.0876 e. The Labute approximate surface area is 211 Å². The van der Waals surface area contributed by atoms with Gasteiger partial charge in [-0.3, -0.25) is 0 Å². The molecule has 0 saturated carbocycles. The maximum Gasteiger partial charge on any atom is 0.116 e. The standard InChI is InChI=1S/C32H27BrP/c33-24-26-16-20-28(21-17-26)29-22-18-27(19-23-29)25-34(30-10-4-1-5-11-30,31-12-6-2-7-13-31)32-14-8-3-9-15-32/h1-23H,24-25H2/q+1. The van der Waals surface area contributed by atoms with Crippen LogP contribution in [0.5, 0.6) is 0 Å². The summed E-state index contributed by atoms with van der Waals surface area (Å²) >= 11 is 3.54. The molecule has 0 bridgehead atoms. The molecule has 0 spiro atoms. The Bertz CT molecular complexity index is 1220. The summed E-state index contributed by atoms with van der Waals surface area (Å²) in [5.41, 5.74) is 5.17. The molecule has 34 heavy (non-hydrogen) atoms. The van der Waals surface area contributed by atoms with Crippen molar-refractivity contribution < 1.29 is 0 Å². The first-order valence-electron chi connectivity index (χ1n) is 11.6. The molecule has 0 aliphatic heterocycles. The number of benzene rings is 5. The van der Waals surface area contributed by atoms with Crippen LogP contribution in [-0.4, -0.2) is 0 Å². The van der Waals surface area contributed by atoms with Crippen LogP contribution in [0.25, 0.3) is 11.1 Å². The van der Waals surface area contributed by atoms with E-state index in [4.69, 9.17) is 0 Å². The van der Waals surface area contributed by atoms with E-state index in [1.54, 1.807) is 0 Å². The summed E-state index contributed by atoms with van der Waals surface area (Å²) in [6, 6.07) is 51.3. The zero-order valence-corrected chi connectivity index (χ0v) is 21.5. The van der Waals surface area contributed by atoms with Crippen LogP contribution < -0.4 is 15.9 Å². The number of halogens is 1. The molecule has 5 aromatic rings. The van der Waals surface area contributed by atoms with Gasteiger partial charge in [-0.05, 0) is 58.7 Å². The van der Waals surface area contributed by atoms with Crippen LogP contribution >= 0.6 is 23.2 Å². The molecule has 0 aromatic heterocycles. The molecule has 0 heterocycles. The second kappa shape index (κ2) is 10.5. The Morgan fingerprint density at radius 3 is 1.12 bits per heavy atom. The monoisotopic (exact) mass is 521 g/mol. The second-order valence-corrected chi connectivity index (χ2v) is 12.5. The summed E-state index contributed by atoms with van der Waals surface area (Å²) in [6.45, 7) is 0. The van der Waals surface area contributed by atoms with Gasteiger partial charge >= 0.3 is 0 Å². The van der Waals surface area contributed by atoms with Crippen molar-refractivity contribution in [2.75, 3.05) is 0 Å². The van der Waals surface area contributed by atoms with Crippen molar-refractivity contribution in [1.29, 1.82) is 0 Å². The Hall–Kier alpha value is -2.99. The lowest BCUT2D eigenvalue weighted by Crippen LogP contribution is -2.32. The molecule has 5 aromatic carbocycles. The van der Waals surface area contributed by atoms with Crippen molar-refractivity contribution in [2.24, 2.45) is 0 Å². The lowest BCUT2D eigenvalue weighted by Gasteiger charge is -2.28. The maximum absolute atomic E-state index is 3.54. The van der Waals surface area contributed by atoms with E-state index in [1.807, 2.05) is 0 Å². The minimum atomic E-state index is -1.88. The van der Waals surface area contributed by atoms with Crippen molar-refractivity contribution in [3.63, 3.8) is 0 Å². The summed E-state index contributed by atoms with van der Waals surface area (Å²) in [6.07, 6.45) is 0.994. The van der Waals surface area contributed by atoms with Gasteiger partial charge in [-0.25, -0.2) is 0 Å². The molecule has 0 fully saturated rings. The average molecular weight is 522 g/mol. The van der Waals surface area contributed by atoms with E-state index >= 15 is 0 Å². The Kier molecular flexibility index (Phi) is 7.05. The molecule has 5 rings (SSSR count). The number of alkyl halides is 1. The second-order valence-electron chi connectivity index (χ2n) is 8.50. The van der Waals surface area contributed by atoms with Crippen molar-refractivity contribution in [2.45, 2.75) is 11.5 Å². The fourth-order valence-electron chi connectivity index (χ4n) is 4.63. The molecular weight excluding hydrogens is 495 g/mol. The van der Waals surface area contributed by atoms with Crippen molar-refractivity contribution in [1.82, 2.24) is 0 Å². The van der Waals surface area contributed by atoms with Gasteiger partial charge in [0, 0.05) is 5.33 Å². The van der Waals surface area contributed by atoms with E-state index in [0.29, 0.717) is 0 Å². The van der Waals surface area contributed by atoms with Gasteiger partial charge in [0.05, 0.1) is 6.16 Å². The molecule has 2 heteroatoms. The predicted molar refractivity (Wildman–Crippen MR) is 153 cm³/mol. The highest BCUT2D eigenvalue weighted by molar-refractivity contribution is 9.08. The third-order valence-electron chi connectivity index (χ3n) is 6.41. The fourth-order valence-corrected chi connectivity index (χ4v) is 9.25. The molecule has 0 amide bonds. The van der Waals surface area contributed by atoms with Gasteiger partial charge in [-0.15, -0.1) is 0 Å². The molecule has 0 nitrogen and oxygen atoms in total. The van der Waals surface area contributed by atoms with Gasteiger partial charge in [0.25, 0.3) is 0 Å². The first-order valence-corrected chi connectivity index (χ1v) is 14.7. The summed E-state index contributed by atoms with van der Waals surface area (Å²) in [4.78, 5) is 0. The van der Waals surface area contributed by atoms with Gasteiger partial charge in [-0.1, -0.05) is 119 Å².